The molecule has 2 aliphatic rings. The topological polar surface area (TPSA) is 0 Å². The van der Waals surface area contributed by atoms with Crippen LogP contribution in [0.15, 0.2) is 77.9 Å². The van der Waals surface area contributed by atoms with Gasteiger partial charge in [0.15, 0.2) is 0 Å². The summed E-state index contributed by atoms with van der Waals surface area (Å²) in [5.41, 5.74) is 7.72. The minimum Gasteiger partial charge on any atom is -0.0685 e. The van der Waals surface area contributed by atoms with E-state index >= 15 is 0 Å². The van der Waals surface area contributed by atoms with E-state index in [-0.39, 0.29) is 0 Å². The van der Waals surface area contributed by atoms with Crippen LogP contribution in [0.2, 0.25) is 0 Å². The first-order chi connectivity index (χ1) is 11.4. The summed E-state index contributed by atoms with van der Waals surface area (Å²) in [6.45, 7) is 0. The average Bonchev–Trinajstić information content (AvgIpc) is 2.88. The highest BCUT2D eigenvalue weighted by molar-refractivity contribution is 5.82. The van der Waals surface area contributed by atoms with E-state index in [9.17, 15) is 0 Å². The minimum atomic E-state index is 0.531. The molecule has 0 heteroatoms. The van der Waals surface area contributed by atoms with Crippen LogP contribution in [0.5, 0.6) is 0 Å². The van der Waals surface area contributed by atoms with Crippen molar-refractivity contribution in [1.82, 2.24) is 0 Å². The van der Waals surface area contributed by atoms with Crippen molar-refractivity contribution in [2.45, 2.75) is 44.4 Å². The lowest BCUT2D eigenvalue weighted by molar-refractivity contribution is 0.694. The van der Waals surface area contributed by atoms with Crippen LogP contribution in [0.25, 0.3) is 5.57 Å². The van der Waals surface area contributed by atoms with Crippen LogP contribution in [0.4, 0.5) is 0 Å². The summed E-state index contributed by atoms with van der Waals surface area (Å²) in [5.74, 6) is 0.531. The van der Waals surface area contributed by atoms with Crippen LogP contribution >= 0.6 is 0 Å². The fourth-order valence-corrected chi connectivity index (χ4v) is 4.12. The molecule has 0 N–H and O–H groups in total. The van der Waals surface area contributed by atoms with Crippen LogP contribution in [-0.4, -0.2) is 0 Å². The lowest BCUT2D eigenvalue weighted by atomic mass is 9.77. The molecule has 0 amide bonds. The molecule has 4 rings (SSSR count). The summed E-state index contributed by atoms with van der Waals surface area (Å²) in [6.07, 6.45) is 10.4. The molecule has 1 unspecified atom stereocenters. The Balaban J connectivity index is 1.79. The highest BCUT2D eigenvalue weighted by atomic mass is 14.3. The maximum Gasteiger partial charge on any atom is 0.00646 e. The molecule has 23 heavy (non-hydrogen) atoms. The van der Waals surface area contributed by atoms with Gasteiger partial charge in [0.05, 0.1) is 0 Å². The fourth-order valence-electron chi connectivity index (χ4n) is 4.12. The van der Waals surface area contributed by atoms with Gasteiger partial charge in [0.2, 0.25) is 0 Å². The van der Waals surface area contributed by atoms with E-state index in [2.05, 4.69) is 66.7 Å². The predicted molar refractivity (Wildman–Crippen MR) is 98.3 cm³/mol. The Morgan fingerprint density at radius 2 is 1.39 bits per heavy atom. The van der Waals surface area contributed by atoms with E-state index in [0.717, 1.165) is 0 Å². The van der Waals surface area contributed by atoms with Crippen molar-refractivity contribution < 1.29 is 0 Å². The Bertz CT molecular complexity index is 719. The first kappa shape index (κ1) is 14.5. The Labute approximate surface area is 139 Å². The zero-order valence-electron chi connectivity index (χ0n) is 13.7. The monoisotopic (exact) mass is 300 g/mol. The Kier molecular flexibility index (Phi) is 4.15. The molecule has 0 heterocycles. The van der Waals surface area contributed by atoms with E-state index in [1.807, 2.05) is 0 Å². The summed E-state index contributed by atoms with van der Waals surface area (Å²) < 4.78 is 0. The molecular formula is C23H24. The number of rotatable bonds is 2. The van der Waals surface area contributed by atoms with Crippen molar-refractivity contribution in [2.24, 2.45) is 0 Å². The van der Waals surface area contributed by atoms with Gasteiger partial charge >= 0.3 is 0 Å². The number of hydrogen-bond donors (Lipinski definition) is 0. The molecule has 0 radical (unpaired) electrons. The Morgan fingerprint density at radius 1 is 0.696 bits per heavy atom. The predicted octanol–water partition coefficient (Wildman–Crippen LogP) is 6.52. The Morgan fingerprint density at radius 3 is 2.17 bits per heavy atom. The van der Waals surface area contributed by atoms with Gasteiger partial charge in [-0.05, 0) is 54.4 Å². The van der Waals surface area contributed by atoms with Gasteiger partial charge in [-0.1, -0.05) is 78.7 Å². The lowest BCUT2D eigenvalue weighted by Gasteiger charge is -2.27. The number of benzene rings is 2. The standard InChI is InChI=1S/C23H24/c1-4-10-18(11-5-1)21-16-20-14-8-3-9-15-22(20)23(17-21)19-12-6-2-7-13-19/h1-2,4-7,10-13,17,21H,3,8-9,14-16H2. The maximum atomic E-state index is 2.54. The molecule has 1 atom stereocenters. The van der Waals surface area contributed by atoms with Crippen LogP contribution in [-0.2, 0) is 0 Å². The van der Waals surface area contributed by atoms with Crippen molar-refractivity contribution in [3.63, 3.8) is 0 Å². The first-order valence-electron chi connectivity index (χ1n) is 8.95. The van der Waals surface area contributed by atoms with Crippen molar-refractivity contribution >= 4 is 5.57 Å². The van der Waals surface area contributed by atoms with Crippen LogP contribution in [0.3, 0.4) is 0 Å². The third-order valence-corrected chi connectivity index (χ3v) is 5.30. The van der Waals surface area contributed by atoms with Gasteiger partial charge in [-0.25, -0.2) is 0 Å². The van der Waals surface area contributed by atoms with Gasteiger partial charge in [-0.15, -0.1) is 0 Å². The molecule has 0 saturated carbocycles. The SMILES string of the molecule is C1=C(c2ccccc2)C2=C(CCCCC2)CC1c1ccccc1. The third-order valence-electron chi connectivity index (χ3n) is 5.30. The molecule has 0 nitrogen and oxygen atoms in total. The van der Waals surface area contributed by atoms with Gasteiger partial charge in [-0.3, -0.25) is 0 Å². The minimum absolute atomic E-state index is 0.531. The van der Waals surface area contributed by atoms with Crippen molar-refractivity contribution in [2.75, 3.05) is 0 Å². The van der Waals surface area contributed by atoms with Gasteiger partial charge in [-0.2, -0.15) is 0 Å². The molecule has 2 aliphatic carbocycles. The Hall–Kier alpha value is -2.08. The first-order valence-corrected chi connectivity index (χ1v) is 8.95. The van der Waals surface area contributed by atoms with E-state index in [1.165, 1.54) is 55.2 Å². The van der Waals surface area contributed by atoms with Gasteiger partial charge in [0, 0.05) is 5.92 Å². The van der Waals surface area contributed by atoms with Gasteiger partial charge < -0.3 is 0 Å². The van der Waals surface area contributed by atoms with Crippen molar-refractivity contribution in [3.8, 4) is 0 Å². The van der Waals surface area contributed by atoms with Crippen molar-refractivity contribution in [1.29, 1.82) is 0 Å². The largest absolute Gasteiger partial charge is 0.0685 e. The van der Waals surface area contributed by atoms with E-state index in [1.54, 1.807) is 11.1 Å². The maximum absolute atomic E-state index is 2.54. The average molecular weight is 300 g/mol. The second-order valence-electron chi connectivity index (χ2n) is 6.81. The lowest BCUT2D eigenvalue weighted by Crippen LogP contribution is -2.08. The number of hydrogen-bond acceptors (Lipinski definition) is 0. The van der Waals surface area contributed by atoms with Gasteiger partial charge in [0.1, 0.15) is 0 Å². The molecule has 0 spiro atoms. The number of allylic oxidation sites excluding steroid dienone is 4. The molecule has 0 saturated heterocycles. The zero-order chi connectivity index (χ0) is 15.5. The second kappa shape index (κ2) is 6.58. The van der Waals surface area contributed by atoms with Crippen LogP contribution in [0.1, 0.15) is 55.6 Å². The quantitative estimate of drug-likeness (QED) is 0.592. The molecule has 116 valence electrons. The highest BCUT2D eigenvalue weighted by Gasteiger charge is 2.24. The second-order valence-corrected chi connectivity index (χ2v) is 6.81. The van der Waals surface area contributed by atoms with E-state index < -0.39 is 0 Å². The normalized spacial score (nSPS) is 21.4. The van der Waals surface area contributed by atoms with E-state index in [0.29, 0.717) is 5.92 Å². The molecule has 2 aromatic rings. The molecule has 2 aromatic carbocycles. The molecule has 0 aliphatic heterocycles. The third kappa shape index (κ3) is 3.03. The molecular weight excluding hydrogens is 276 g/mol. The highest BCUT2D eigenvalue weighted by Crippen LogP contribution is 2.44. The molecule has 0 fully saturated rings. The fraction of sp³-hybridized carbons (Fsp3) is 0.304. The van der Waals surface area contributed by atoms with Crippen LogP contribution < -0.4 is 0 Å². The van der Waals surface area contributed by atoms with Crippen molar-refractivity contribution in [3.05, 3.63) is 89.0 Å². The summed E-state index contributed by atoms with van der Waals surface area (Å²) in [6, 6.07) is 22.0. The summed E-state index contributed by atoms with van der Waals surface area (Å²) in [5, 5.41) is 0. The molecule has 0 bridgehead atoms. The zero-order valence-corrected chi connectivity index (χ0v) is 13.7. The summed E-state index contributed by atoms with van der Waals surface area (Å²) in [7, 11) is 0. The van der Waals surface area contributed by atoms with Crippen LogP contribution in [0, 0.1) is 0 Å². The van der Waals surface area contributed by atoms with Gasteiger partial charge in [0.25, 0.3) is 0 Å². The molecule has 0 aromatic heterocycles. The van der Waals surface area contributed by atoms with E-state index in [4.69, 9.17) is 0 Å². The smallest absolute Gasteiger partial charge is 0.00646 e. The summed E-state index contributed by atoms with van der Waals surface area (Å²) in [4.78, 5) is 0. The summed E-state index contributed by atoms with van der Waals surface area (Å²) >= 11 is 0.